The standard InChI is InChI=1S/C14H13N5O4S3/c15-9(20)4-23-19-14(12(21)22,8-5-25-13(16)17-8)11-18-10-6(24)2-1-3-7(10)26-11/h1-3,5,19,24H,4H2,(H2,15,20)(H2,16,17)(H,21,22)/t14-/m1/s1. The summed E-state index contributed by atoms with van der Waals surface area (Å²) in [4.78, 5) is 37.4. The lowest BCUT2D eigenvalue weighted by Crippen LogP contribution is -2.51. The van der Waals surface area contributed by atoms with E-state index in [0.29, 0.717) is 10.4 Å². The van der Waals surface area contributed by atoms with E-state index in [1.54, 1.807) is 18.2 Å². The fourth-order valence-corrected chi connectivity index (χ4v) is 4.30. The van der Waals surface area contributed by atoms with Gasteiger partial charge >= 0.3 is 5.97 Å². The molecule has 0 aliphatic rings. The Balaban J connectivity index is 2.18. The van der Waals surface area contributed by atoms with E-state index in [9.17, 15) is 14.7 Å². The smallest absolute Gasteiger partial charge is 0.339 e. The number of primary amides is 1. The van der Waals surface area contributed by atoms with Crippen LogP contribution in [0.5, 0.6) is 0 Å². The molecule has 26 heavy (non-hydrogen) atoms. The summed E-state index contributed by atoms with van der Waals surface area (Å²) in [5.41, 5.74) is 11.8. The highest BCUT2D eigenvalue weighted by Crippen LogP contribution is 2.38. The van der Waals surface area contributed by atoms with Crippen molar-refractivity contribution in [3.8, 4) is 0 Å². The molecular weight excluding hydrogens is 398 g/mol. The number of hydroxylamine groups is 1. The topological polar surface area (TPSA) is 153 Å². The van der Waals surface area contributed by atoms with Gasteiger partial charge in [-0.2, -0.15) is 5.48 Å². The van der Waals surface area contributed by atoms with Crippen LogP contribution in [0.2, 0.25) is 0 Å². The quantitative estimate of drug-likeness (QED) is 0.284. The third kappa shape index (κ3) is 3.24. The van der Waals surface area contributed by atoms with Gasteiger partial charge < -0.3 is 16.6 Å². The minimum Gasteiger partial charge on any atom is -0.479 e. The second kappa shape index (κ2) is 7.17. The number of anilines is 1. The SMILES string of the molecule is NC(=O)CON[C@](C(=O)O)(c1csc(N)n1)c1nc2c(S)cccc2s1. The maximum Gasteiger partial charge on any atom is 0.339 e. The van der Waals surface area contributed by atoms with E-state index in [-0.39, 0.29) is 15.8 Å². The van der Waals surface area contributed by atoms with E-state index < -0.39 is 24.0 Å². The molecule has 3 aromatic rings. The zero-order chi connectivity index (χ0) is 18.9. The van der Waals surface area contributed by atoms with Gasteiger partial charge in [0.15, 0.2) is 5.13 Å². The van der Waals surface area contributed by atoms with Gasteiger partial charge in [0.2, 0.25) is 11.4 Å². The largest absolute Gasteiger partial charge is 0.479 e. The van der Waals surface area contributed by atoms with Crippen LogP contribution in [-0.2, 0) is 20.0 Å². The first-order valence-corrected chi connectivity index (χ1v) is 9.20. The number of hydrogen-bond donors (Lipinski definition) is 5. The first kappa shape index (κ1) is 18.5. The van der Waals surface area contributed by atoms with Crippen LogP contribution in [0, 0.1) is 0 Å². The molecule has 0 saturated heterocycles. The predicted molar refractivity (Wildman–Crippen MR) is 100 cm³/mol. The fourth-order valence-electron chi connectivity index (χ4n) is 2.22. The number of nitrogens with two attached hydrogens (primary N) is 2. The van der Waals surface area contributed by atoms with Crippen molar-refractivity contribution in [3.63, 3.8) is 0 Å². The lowest BCUT2D eigenvalue weighted by atomic mass is 9.98. The van der Waals surface area contributed by atoms with E-state index in [2.05, 4.69) is 28.1 Å². The van der Waals surface area contributed by atoms with Crippen LogP contribution in [0.15, 0.2) is 28.5 Å². The van der Waals surface area contributed by atoms with Crippen molar-refractivity contribution in [1.82, 2.24) is 15.4 Å². The number of thiazole rings is 2. The van der Waals surface area contributed by atoms with Crippen LogP contribution < -0.4 is 16.9 Å². The number of aromatic nitrogens is 2. The summed E-state index contributed by atoms with van der Waals surface area (Å²) < 4.78 is 0.734. The zero-order valence-electron chi connectivity index (χ0n) is 13.0. The van der Waals surface area contributed by atoms with Crippen LogP contribution in [0.25, 0.3) is 10.2 Å². The summed E-state index contributed by atoms with van der Waals surface area (Å²) in [7, 11) is 0. The van der Waals surface area contributed by atoms with Crippen LogP contribution in [0.3, 0.4) is 0 Å². The Labute approximate surface area is 160 Å². The Morgan fingerprint density at radius 3 is 2.73 bits per heavy atom. The van der Waals surface area contributed by atoms with Crippen LogP contribution >= 0.6 is 35.3 Å². The van der Waals surface area contributed by atoms with E-state index in [4.69, 9.17) is 16.3 Å². The third-order valence-corrected chi connectivity index (χ3v) is 5.56. The highest BCUT2D eigenvalue weighted by atomic mass is 32.1. The minimum atomic E-state index is -1.96. The molecule has 12 heteroatoms. The minimum absolute atomic E-state index is 0.0803. The summed E-state index contributed by atoms with van der Waals surface area (Å²) in [6, 6.07) is 5.32. The Morgan fingerprint density at radius 2 is 2.15 bits per heavy atom. The second-order valence-electron chi connectivity index (χ2n) is 5.13. The maximum atomic E-state index is 12.3. The molecule has 136 valence electrons. The number of hydrogen-bond acceptors (Lipinski definition) is 10. The third-order valence-electron chi connectivity index (χ3n) is 3.39. The lowest BCUT2D eigenvalue weighted by Gasteiger charge is -2.26. The molecule has 0 saturated carbocycles. The van der Waals surface area contributed by atoms with Crippen LogP contribution in [0.1, 0.15) is 10.7 Å². The van der Waals surface area contributed by atoms with Crippen LogP contribution in [0.4, 0.5) is 5.13 Å². The summed E-state index contributed by atoms with van der Waals surface area (Å²) in [5.74, 6) is -2.09. The normalized spacial score (nSPS) is 13.6. The molecule has 9 nitrogen and oxygen atoms in total. The number of aliphatic carboxylic acids is 1. The zero-order valence-corrected chi connectivity index (χ0v) is 15.5. The Kier molecular flexibility index (Phi) is 5.11. The average Bonchev–Trinajstić information content (AvgIpc) is 3.18. The number of nitrogen functional groups attached to an aromatic ring is 1. The van der Waals surface area contributed by atoms with Gasteiger partial charge in [0, 0.05) is 10.3 Å². The molecule has 0 spiro atoms. The van der Waals surface area contributed by atoms with Gasteiger partial charge in [-0.1, -0.05) is 6.07 Å². The Bertz CT molecular complexity index is 988. The number of carbonyl (C=O) groups is 2. The summed E-state index contributed by atoms with van der Waals surface area (Å²) >= 11 is 6.56. The number of carbonyl (C=O) groups excluding carboxylic acids is 1. The van der Waals surface area contributed by atoms with Gasteiger partial charge in [0.1, 0.15) is 11.6 Å². The number of carboxylic acids is 1. The number of carboxylic acid groups (broad SMARTS) is 1. The van der Waals surface area contributed by atoms with Crippen molar-refractivity contribution in [2.45, 2.75) is 10.4 Å². The monoisotopic (exact) mass is 411 g/mol. The van der Waals surface area contributed by atoms with Crippen molar-refractivity contribution in [2.75, 3.05) is 12.3 Å². The maximum absolute atomic E-state index is 12.3. The number of fused-ring (bicyclic) bond motifs is 1. The van der Waals surface area contributed by atoms with Crippen molar-refractivity contribution in [1.29, 1.82) is 0 Å². The molecule has 1 aromatic carbocycles. The summed E-state index contributed by atoms with van der Waals surface area (Å²) in [6.45, 7) is -0.530. The number of nitrogens with zero attached hydrogens (tertiary/aromatic N) is 2. The molecule has 1 atom stereocenters. The molecule has 2 heterocycles. The van der Waals surface area contributed by atoms with E-state index in [1.807, 2.05) is 0 Å². The number of amides is 1. The number of thiol groups is 1. The number of rotatable bonds is 7. The Morgan fingerprint density at radius 1 is 1.38 bits per heavy atom. The first-order valence-electron chi connectivity index (χ1n) is 7.05. The summed E-state index contributed by atoms with van der Waals surface area (Å²) in [5, 5.41) is 11.8. The molecule has 1 amide bonds. The lowest BCUT2D eigenvalue weighted by molar-refractivity contribution is -0.153. The molecule has 0 unspecified atom stereocenters. The molecular formula is C14H13N5O4S3. The van der Waals surface area contributed by atoms with Crippen LogP contribution in [-0.4, -0.2) is 33.6 Å². The first-order chi connectivity index (χ1) is 12.3. The van der Waals surface area contributed by atoms with Gasteiger partial charge in [-0.05, 0) is 12.1 Å². The van der Waals surface area contributed by atoms with Crippen molar-refractivity contribution in [2.24, 2.45) is 5.73 Å². The number of para-hydroxylation sites is 1. The molecule has 0 radical (unpaired) electrons. The highest BCUT2D eigenvalue weighted by molar-refractivity contribution is 7.80. The second-order valence-corrected chi connectivity index (χ2v) is 7.53. The van der Waals surface area contributed by atoms with Gasteiger partial charge in [-0.15, -0.1) is 35.3 Å². The molecule has 2 aromatic heterocycles. The van der Waals surface area contributed by atoms with Crippen molar-refractivity contribution in [3.05, 3.63) is 34.3 Å². The predicted octanol–water partition coefficient (Wildman–Crippen LogP) is 0.958. The molecule has 6 N–H and O–H groups in total. The molecule has 0 aliphatic heterocycles. The van der Waals surface area contributed by atoms with Crippen molar-refractivity contribution >= 4 is 62.5 Å². The van der Waals surface area contributed by atoms with E-state index in [1.165, 1.54) is 5.38 Å². The van der Waals surface area contributed by atoms with E-state index >= 15 is 0 Å². The Hall–Kier alpha value is -2.25. The van der Waals surface area contributed by atoms with Gasteiger partial charge in [0.05, 0.1) is 15.9 Å². The van der Waals surface area contributed by atoms with Gasteiger partial charge in [-0.25, -0.2) is 14.8 Å². The fraction of sp³-hybridized carbons (Fsp3) is 0.143. The number of nitrogens with one attached hydrogen (secondary N) is 1. The van der Waals surface area contributed by atoms with Crippen molar-refractivity contribution < 1.29 is 19.5 Å². The molecule has 0 bridgehead atoms. The number of benzene rings is 1. The molecule has 0 fully saturated rings. The summed E-state index contributed by atoms with van der Waals surface area (Å²) in [6.07, 6.45) is 0. The molecule has 0 aliphatic carbocycles. The highest BCUT2D eigenvalue weighted by Gasteiger charge is 2.48. The average molecular weight is 411 g/mol. The van der Waals surface area contributed by atoms with E-state index in [0.717, 1.165) is 27.4 Å². The van der Waals surface area contributed by atoms with Gasteiger partial charge in [0.25, 0.3) is 0 Å². The van der Waals surface area contributed by atoms with Gasteiger partial charge in [-0.3, -0.25) is 9.63 Å². The molecule has 3 rings (SSSR count).